The number of hydrogen-bond donors (Lipinski definition) is 1. The molecule has 0 spiro atoms. The molecule has 0 aromatic heterocycles. The summed E-state index contributed by atoms with van der Waals surface area (Å²) in [6.07, 6.45) is -4.42. The van der Waals surface area contributed by atoms with E-state index in [1.165, 1.54) is 24.3 Å². The number of halogens is 4. The number of carbonyl (C=O) groups is 1. The van der Waals surface area contributed by atoms with Crippen molar-refractivity contribution in [2.45, 2.75) is 19.1 Å². The van der Waals surface area contributed by atoms with Crippen LogP contribution in [0.3, 0.4) is 0 Å². The van der Waals surface area contributed by atoms with Gasteiger partial charge in [-0.05, 0) is 48.5 Å². The van der Waals surface area contributed by atoms with Crippen molar-refractivity contribution in [1.82, 2.24) is 0 Å². The molecule has 2 atom stereocenters. The molecular formula is C20H17ClF3N3O2S. The molecule has 30 heavy (non-hydrogen) atoms. The Bertz CT molecular complexity index is 978. The van der Waals surface area contributed by atoms with E-state index in [9.17, 15) is 18.0 Å². The van der Waals surface area contributed by atoms with Crippen molar-refractivity contribution in [3.8, 4) is 0 Å². The second-order valence-corrected chi connectivity index (χ2v) is 7.44. The van der Waals surface area contributed by atoms with Crippen molar-refractivity contribution in [3.05, 3.63) is 59.1 Å². The predicted octanol–water partition coefficient (Wildman–Crippen LogP) is 5.15. The van der Waals surface area contributed by atoms with Gasteiger partial charge in [-0.15, -0.1) is 0 Å². The Balaban J connectivity index is 1.86. The van der Waals surface area contributed by atoms with E-state index in [0.717, 1.165) is 12.1 Å². The van der Waals surface area contributed by atoms with E-state index >= 15 is 0 Å². The van der Waals surface area contributed by atoms with Gasteiger partial charge in [0.2, 0.25) is 0 Å². The van der Waals surface area contributed by atoms with Crippen LogP contribution in [0, 0.1) is 5.92 Å². The quantitative estimate of drug-likeness (QED) is 0.510. The summed E-state index contributed by atoms with van der Waals surface area (Å²) in [5, 5.41) is 9.41. The molecule has 1 aliphatic heterocycles. The topological polar surface area (TPSA) is 53.9 Å². The van der Waals surface area contributed by atoms with Crippen LogP contribution in [0.15, 0.2) is 53.6 Å². The number of ether oxygens (including phenoxy) is 1. The summed E-state index contributed by atoms with van der Waals surface area (Å²) in [4.78, 5) is 12.6. The Morgan fingerprint density at radius 2 is 1.77 bits per heavy atom. The van der Waals surface area contributed by atoms with Crippen molar-refractivity contribution >= 4 is 51.9 Å². The number of anilines is 2. The number of nitrogens with zero attached hydrogens (tertiary/aromatic N) is 2. The average Bonchev–Trinajstić information content (AvgIpc) is 3.05. The first-order valence-corrected chi connectivity index (χ1v) is 9.60. The minimum atomic E-state index is -4.42. The Morgan fingerprint density at radius 1 is 1.17 bits per heavy atom. The molecule has 3 rings (SSSR count). The van der Waals surface area contributed by atoms with Gasteiger partial charge >= 0.3 is 12.1 Å². The summed E-state index contributed by atoms with van der Waals surface area (Å²) >= 11 is 11.3. The van der Waals surface area contributed by atoms with Crippen LogP contribution in [0.4, 0.5) is 24.5 Å². The van der Waals surface area contributed by atoms with E-state index in [1.807, 2.05) is 0 Å². The van der Waals surface area contributed by atoms with Crippen LogP contribution in [0.5, 0.6) is 0 Å². The fourth-order valence-corrected chi connectivity index (χ4v) is 3.53. The first kappa shape index (κ1) is 22.0. The number of carbonyl (C=O) groups excluding carboxylic acids is 1. The monoisotopic (exact) mass is 455 g/mol. The summed E-state index contributed by atoms with van der Waals surface area (Å²) in [6.45, 7) is 1.77. The summed E-state index contributed by atoms with van der Waals surface area (Å²) in [7, 11) is 1.28. The third-order valence-corrected chi connectivity index (χ3v) is 5.18. The van der Waals surface area contributed by atoms with Crippen molar-refractivity contribution in [1.29, 1.82) is 0 Å². The number of benzene rings is 2. The Labute approximate surface area is 181 Å². The highest BCUT2D eigenvalue weighted by atomic mass is 35.5. The van der Waals surface area contributed by atoms with Crippen LogP contribution in [0.1, 0.15) is 12.5 Å². The fraction of sp³-hybridized carbons (Fsp3) is 0.250. The summed E-state index contributed by atoms with van der Waals surface area (Å²) in [6, 6.07) is 10.5. The molecule has 0 radical (unpaired) electrons. The maximum atomic E-state index is 12.7. The van der Waals surface area contributed by atoms with E-state index in [4.69, 9.17) is 28.6 Å². The Morgan fingerprint density at radius 3 is 2.30 bits per heavy atom. The van der Waals surface area contributed by atoms with E-state index in [0.29, 0.717) is 22.1 Å². The van der Waals surface area contributed by atoms with Gasteiger partial charge < -0.3 is 10.1 Å². The third-order valence-electron chi connectivity index (χ3n) is 4.62. The largest absolute Gasteiger partial charge is 0.467 e. The zero-order valence-corrected chi connectivity index (χ0v) is 17.5. The maximum Gasteiger partial charge on any atom is 0.416 e. The van der Waals surface area contributed by atoms with E-state index in [1.54, 1.807) is 31.2 Å². The molecule has 0 amide bonds. The van der Waals surface area contributed by atoms with E-state index in [-0.39, 0.29) is 4.99 Å². The SMILES string of the molecule is COC(=O)C1C(C)C(C(=S)Nc2ccc(C(F)(F)F)cc2)=NN1c1ccc(Cl)cc1. The molecule has 0 saturated carbocycles. The van der Waals surface area contributed by atoms with Crippen LogP contribution in [-0.4, -0.2) is 29.8 Å². The van der Waals surface area contributed by atoms with Gasteiger partial charge in [-0.25, -0.2) is 4.79 Å². The van der Waals surface area contributed by atoms with Crippen LogP contribution in [-0.2, 0) is 15.7 Å². The van der Waals surface area contributed by atoms with Gasteiger partial charge in [0.1, 0.15) is 10.7 Å². The number of rotatable bonds is 4. The molecule has 1 aliphatic rings. The molecule has 0 bridgehead atoms. The average molecular weight is 456 g/mol. The highest BCUT2D eigenvalue weighted by molar-refractivity contribution is 7.82. The Kier molecular flexibility index (Phi) is 6.33. The molecule has 1 N–H and O–H groups in total. The molecule has 10 heteroatoms. The second kappa shape index (κ2) is 8.61. The third kappa shape index (κ3) is 4.57. The lowest BCUT2D eigenvalue weighted by molar-refractivity contribution is -0.142. The molecule has 2 unspecified atom stereocenters. The minimum absolute atomic E-state index is 0.202. The molecule has 2 aromatic rings. The predicted molar refractivity (Wildman–Crippen MR) is 114 cm³/mol. The first-order chi connectivity index (χ1) is 14.1. The summed E-state index contributed by atoms with van der Waals surface area (Å²) in [5.41, 5.74) is 0.650. The normalized spacial score (nSPS) is 18.7. The number of nitrogens with one attached hydrogen (secondary N) is 1. The second-order valence-electron chi connectivity index (χ2n) is 6.59. The lowest BCUT2D eigenvalue weighted by Gasteiger charge is -2.24. The highest BCUT2D eigenvalue weighted by Crippen LogP contribution is 2.32. The van der Waals surface area contributed by atoms with Crippen molar-refractivity contribution in [2.75, 3.05) is 17.4 Å². The van der Waals surface area contributed by atoms with Gasteiger partial charge in [0, 0.05) is 16.6 Å². The highest BCUT2D eigenvalue weighted by Gasteiger charge is 2.42. The molecule has 1 heterocycles. The molecule has 0 aliphatic carbocycles. The maximum absolute atomic E-state index is 12.7. The van der Waals surface area contributed by atoms with Gasteiger partial charge in [0.05, 0.1) is 18.4 Å². The van der Waals surface area contributed by atoms with E-state index in [2.05, 4.69) is 10.4 Å². The Hall–Kier alpha value is -2.65. The van der Waals surface area contributed by atoms with Gasteiger partial charge in [0.15, 0.2) is 6.04 Å². The lowest BCUT2D eigenvalue weighted by Crippen LogP contribution is -2.41. The minimum Gasteiger partial charge on any atom is -0.467 e. The van der Waals surface area contributed by atoms with E-state index < -0.39 is 29.7 Å². The molecule has 5 nitrogen and oxygen atoms in total. The van der Waals surface area contributed by atoms with Crippen LogP contribution in [0.2, 0.25) is 5.02 Å². The summed E-state index contributed by atoms with van der Waals surface area (Å²) in [5.74, 6) is -0.920. The van der Waals surface area contributed by atoms with Crippen molar-refractivity contribution in [3.63, 3.8) is 0 Å². The number of hydrogen-bond acceptors (Lipinski definition) is 5. The van der Waals surface area contributed by atoms with Gasteiger partial charge in [-0.1, -0.05) is 30.7 Å². The standard InChI is InChI=1S/C20H17ClF3N3O2S/c1-11-16(18(30)25-14-7-3-12(4-8-14)20(22,23)24)26-27(17(11)19(28)29-2)15-9-5-13(21)6-10-15/h3-11,17H,1-2H3,(H,25,30). The van der Waals surface area contributed by atoms with Crippen LogP contribution < -0.4 is 10.3 Å². The zero-order chi connectivity index (χ0) is 22.1. The number of alkyl halides is 3. The zero-order valence-electron chi connectivity index (χ0n) is 15.9. The van der Waals surface area contributed by atoms with Gasteiger partial charge in [-0.2, -0.15) is 18.3 Å². The fourth-order valence-electron chi connectivity index (χ4n) is 3.06. The first-order valence-electron chi connectivity index (χ1n) is 8.81. The summed E-state index contributed by atoms with van der Waals surface area (Å²) < 4.78 is 43.1. The molecule has 2 aromatic carbocycles. The number of thiocarbonyl (C=S) groups is 1. The number of hydrazone groups is 1. The lowest BCUT2D eigenvalue weighted by atomic mass is 9.97. The van der Waals surface area contributed by atoms with Crippen molar-refractivity contribution < 1.29 is 22.7 Å². The molecule has 0 saturated heterocycles. The molecule has 0 fully saturated rings. The van der Waals surface area contributed by atoms with Crippen LogP contribution in [0.25, 0.3) is 0 Å². The number of methoxy groups -OCH3 is 1. The smallest absolute Gasteiger partial charge is 0.416 e. The van der Waals surface area contributed by atoms with Gasteiger partial charge in [-0.3, -0.25) is 5.01 Å². The van der Waals surface area contributed by atoms with Gasteiger partial charge in [0.25, 0.3) is 0 Å². The van der Waals surface area contributed by atoms with Crippen molar-refractivity contribution in [2.24, 2.45) is 11.0 Å². The van der Waals surface area contributed by atoms with Crippen LogP contribution >= 0.6 is 23.8 Å². The molecular weight excluding hydrogens is 439 g/mol. The number of esters is 1. The molecule has 158 valence electrons.